The predicted molar refractivity (Wildman–Crippen MR) is 251 cm³/mol. The van der Waals surface area contributed by atoms with E-state index >= 15 is 17.6 Å². The van der Waals surface area contributed by atoms with Gasteiger partial charge in [-0.1, -0.05) is 90.5 Å². The Kier molecular flexibility index (Phi) is 10.3. The molecule has 0 saturated carbocycles. The molecule has 0 fully saturated rings. The quantitative estimate of drug-likeness (QED) is 0.0866. The second kappa shape index (κ2) is 16.4. The van der Waals surface area contributed by atoms with Crippen LogP contribution in [-0.4, -0.2) is 0 Å². The summed E-state index contributed by atoms with van der Waals surface area (Å²) < 4.78 is 105. The molecule has 11 heteroatoms. The summed E-state index contributed by atoms with van der Waals surface area (Å²) in [4.78, 5) is 6.80. The Morgan fingerprint density at radius 3 is 1.36 bits per heavy atom. The highest BCUT2D eigenvalue weighted by molar-refractivity contribution is 6.28. The summed E-state index contributed by atoms with van der Waals surface area (Å²) in [6, 6.07) is 45.5. The summed E-state index contributed by atoms with van der Waals surface area (Å²) in [6.45, 7) is 9.48. The number of hydrogen-bond donors (Lipinski definition) is 0. The van der Waals surface area contributed by atoms with E-state index in [0.717, 1.165) is 57.4 Å². The summed E-state index contributed by atoms with van der Waals surface area (Å²) >= 11 is 0. The van der Waals surface area contributed by atoms with Gasteiger partial charge in [0.15, 0.2) is 5.69 Å². The number of nitriles is 1. The second-order valence-electron chi connectivity index (χ2n) is 16.1. The van der Waals surface area contributed by atoms with Gasteiger partial charge in [-0.05, 0) is 112 Å². The van der Waals surface area contributed by atoms with E-state index in [2.05, 4.69) is 10.9 Å². The highest BCUT2D eigenvalue weighted by Gasteiger charge is 2.31. The van der Waals surface area contributed by atoms with Gasteiger partial charge in [-0.25, -0.2) is 22.4 Å². The van der Waals surface area contributed by atoms with Crippen LogP contribution in [0.4, 0.5) is 70.5 Å². The zero-order chi connectivity index (χ0) is 46.7. The third kappa shape index (κ3) is 7.47. The van der Waals surface area contributed by atoms with E-state index in [1.807, 2.05) is 61.5 Å². The van der Waals surface area contributed by atoms with Crippen LogP contribution in [0, 0.1) is 48.1 Å². The molecule has 4 nitrogen and oxygen atoms in total. The Hall–Kier alpha value is -8.67. The molecule has 0 unspecified atom stereocenters. The fraction of sp³-hybridized carbons (Fsp3) is 0.0357. The molecule has 0 spiro atoms. The zero-order valence-electron chi connectivity index (χ0n) is 35.1. The van der Waals surface area contributed by atoms with Crippen molar-refractivity contribution in [1.82, 2.24) is 0 Å². The lowest BCUT2D eigenvalue weighted by molar-refractivity contribution is -0.137. The maximum atomic E-state index is 16.5. The van der Waals surface area contributed by atoms with E-state index in [9.17, 15) is 18.4 Å². The number of nitrogens with zero attached hydrogens (tertiary/aromatic N) is 4. The lowest BCUT2D eigenvalue weighted by Crippen LogP contribution is -2.14. The smallest absolute Gasteiger partial charge is 0.307 e. The molecule has 10 rings (SSSR count). The van der Waals surface area contributed by atoms with Crippen molar-refractivity contribution in [2.24, 2.45) is 0 Å². The Morgan fingerprint density at radius 2 is 0.925 bits per heavy atom. The SMILES string of the molecule is [C-]#[N+]c1ccc(N(c2cc(-c3ccc(C)cc3)c(F)cc2F)c2ccc3ccc4c(N(c5ccc(C#N)cc5)c5cc(-c6ccc(C(F)(F)F)cc6)c(F)cc5F)ccc5ccc2c3c54)cc1. The maximum absolute atomic E-state index is 16.5. The van der Waals surface area contributed by atoms with Crippen molar-refractivity contribution < 1.29 is 30.7 Å². The van der Waals surface area contributed by atoms with Crippen LogP contribution in [0.15, 0.2) is 170 Å². The molecule has 0 heterocycles. The van der Waals surface area contributed by atoms with Gasteiger partial charge in [-0.2, -0.15) is 18.4 Å². The normalized spacial score (nSPS) is 11.6. The van der Waals surface area contributed by atoms with Crippen LogP contribution < -0.4 is 9.80 Å². The van der Waals surface area contributed by atoms with Crippen LogP contribution in [0.1, 0.15) is 16.7 Å². The van der Waals surface area contributed by atoms with Crippen molar-refractivity contribution in [1.29, 1.82) is 5.26 Å². The molecule has 0 aliphatic carbocycles. The first-order valence-electron chi connectivity index (χ1n) is 20.8. The first-order valence-corrected chi connectivity index (χ1v) is 20.8. The molecular weight excluding hydrogens is 862 g/mol. The van der Waals surface area contributed by atoms with Crippen molar-refractivity contribution in [2.75, 3.05) is 9.80 Å². The number of anilines is 6. The molecule has 0 aliphatic rings. The largest absolute Gasteiger partial charge is 0.416 e. The van der Waals surface area contributed by atoms with Gasteiger partial charge in [0.05, 0.1) is 46.5 Å². The third-order valence-corrected chi connectivity index (χ3v) is 12.0. The monoisotopic (exact) mass is 892 g/mol. The molecule has 10 aromatic carbocycles. The van der Waals surface area contributed by atoms with Gasteiger partial charge in [0.25, 0.3) is 0 Å². The zero-order valence-corrected chi connectivity index (χ0v) is 35.1. The van der Waals surface area contributed by atoms with Crippen LogP contribution in [0.5, 0.6) is 0 Å². The average Bonchev–Trinajstić information content (AvgIpc) is 3.33. The fourth-order valence-electron chi connectivity index (χ4n) is 8.77. The number of halogens is 7. The lowest BCUT2D eigenvalue weighted by atomic mass is 9.91. The van der Waals surface area contributed by atoms with E-state index in [0.29, 0.717) is 56.4 Å². The van der Waals surface area contributed by atoms with Gasteiger partial charge in [-0.15, -0.1) is 0 Å². The van der Waals surface area contributed by atoms with Gasteiger partial charge in [0.1, 0.15) is 23.3 Å². The van der Waals surface area contributed by atoms with Crippen molar-refractivity contribution in [2.45, 2.75) is 13.1 Å². The van der Waals surface area contributed by atoms with Gasteiger partial charge in [-0.3, -0.25) is 0 Å². The highest BCUT2D eigenvalue weighted by Crippen LogP contribution is 2.49. The maximum Gasteiger partial charge on any atom is 0.416 e. The third-order valence-electron chi connectivity index (χ3n) is 12.0. The first-order chi connectivity index (χ1) is 32.3. The lowest BCUT2D eigenvalue weighted by Gasteiger charge is -2.30. The molecule has 10 aromatic rings. The number of hydrogen-bond acceptors (Lipinski definition) is 3. The molecule has 0 atom stereocenters. The molecule has 0 N–H and O–H groups in total. The highest BCUT2D eigenvalue weighted by atomic mass is 19.4. The summed E-state index contributed by atoms with van der Waals surface area (Å²) in [7, 11) is 0. The summed E-state index contributed by atoms with van der Waals surface area (Å²) in [5.41, 5.74) is 3.18. The van der Waals surface area contributed by atoms with Gasteiger partial charge >= 0.3 is 6.18 Å². The summed E-state index contributed by atoms with van der Waals surface area (Å²) in [5.74, 6) is -3.52. The van der Waals surface area contributed by atoms with E-state index in [4.69, 9.17) is 6.57 Å². The molecule has 324 valence electrons. The van der Waals surface area contributed by atoms with Crippen LogP contribution in [0.25, 0.3) is 59.4 Å². The summed E-state index contributed by atoms with van der Waals surface area (Å²) in [5, 5.41) is 14.0. The van der Waals surface area contributed by atoms with Gasteiger partial charge < -0.3 is 9.80 Å². The van der Waals surface area contributed by atoms with Crippen molar-refractivity contribution in [3.8, 4) is 28.3 Å². The van der Waals surface area contributed by atoms with Crippen LogP contribution in [-0.2, 0) is 6.18 Å². The first kappa shape index (κ1) is 42.3. The van der Waals surface area contributed by atoms with E-state index in [1.54, 1.807) is 76.5 Å². The van der Waals surface area contributed by atoms with Crippen LogP contribution in [0.3, 0.4) is 0 Å². The van der Waals surface area contributed by atoms with Crippen molar-refractivity contribution >= 4 is 72.1 Å². The topological polar surface area (TPSA) is 34.6 Å². The van der Waals surface area contributed by atoms with Crippen LogP contribution >= 0.6 is 0 Å². The van der Waals surface area contributed by atoms with Crippen molar-refractivity contribution in [3.05, 3.63) is 221 Å². The Balaban J connectivity index is 1.21. The van der Waals surface area contributed by atoms with Gasteiger partial charge in [0.2, 0.25) is 0 Å². The number of aryl methyl sites for hydroxylation is 1. The molecule has 0 bridgehead atoms. The minimum atomic E-state index is -4.63. The van der Waals surface area contributed by atoms with Gasteiger partial charge in [0, 0.05) is 45.4 Å². The Bertz CT molecular complexity index is 3630. The molecular formula is C56H31F7N4. The summed E-state index contributed by atoms with van der Waals surface area (Å²) in [6.07, 6.45) is -4.63. The minimum absolute atomic E-state index is 0.0471. The van der Waals surface area contributed by atoms with Crippen LogP contribution in [0.2, 0.25) is 0 Å². The van der Waals surface area contributed by atoms with E-state index < -0.39 is 35.0 Å². The standard InChI is InChI=1S/C56H31F7N4/c1-32-3-7-34(8-4-32)44-27-53(49(60)29-46(44)57)67(41-21-17-39(65-2)18-22-41)51-26-14-37-11-23-42-50(25-13-36-12-24-43(51)55(37)54(36)42)66(40-19-5-33(31-64)6-20-40)52-28-45(47(58)30-48(52)59)35-9-15-38(16-10-35)56(61,62)63/h3-30H,1H3. The number of alkyl halides is 3. The number of rotatable bonds is 8. The number of benzene rings is 10. The molecule has 67 heavy (non-hydrogen) atoms. The fourth-order valence-corrected chi connectivity index (χ4v) is 8.77. The second-order valence-corrected chi connectivity index (χ2v) is 16.1. The minimum Gasteiger partial charge on any atom is -0.307 e. The van der Waals surface area contributed by atoms with Crippen molar-refractivity contribution in [3.63, 3.8) is 0 Å². The van der Waals surface area contributed by atoms with E-state index in [-0.39, 0.29) is 28.1 Å². The Labute approximate surface area is 379 Å². The molecule has 0 aliphatic heterocycles. The van der Waals surface area contributed by atoms with E-state index in [1.165, 1.54) is 12.1 Å². The Morgan fingerprint density at radius 1 is 0.493 bits per heavy atom. The molecule has 0 radical (unpaired) electrons. The molecule has 0 saturated heterocycles. The molecule has 0 amide bonds. The average molecular weight is 893 g/mol. The predicted octanol–water partition coefficient (Wildman–Crippen LogP) is 17.2. The molecule has 0 aromatic heterocycles.